The zero-order chi connectivity index (χ0) is 25.8. The predicted molar refractivity (Wildman–Crippen MR) is 138 cm³/mol. The number of amides is 1. The quantitative estimate of drug-likeness (QED) is 0.318. The van der Waals surface area contributed by atoms with Gasteiger partial charge in [0.2, 0.25) is 0 Å². The second-order valence-corrected chi connectivity index (χ2v) is 9.10. The zero-order valence-electron chi connectivity index (χ0n) is 21.3. The molecule has 0 aromatic heterocycles. The number of Topliss-reactive ketones (excluding diaryl/α,β-unsaturated/α-hetero) is 1. The second-order valence-electron chi connectivity index (χ2n) is 9.10. The van der Waals surface area contributed by atoms with Crippen molar-refractivity contribution in [1.82, 2.24) is 4.90 Å². The van der Waals surface area contributed by atoms with E-state index in [-0.39, 0.29) is 24.0 Å². The van der Waals surface area contributed by atoms with Crippen molar-refractivity contribution < 1.29 is 28.9 Å². The van der Waals surface area contributed by atoms with Crippen molar-refractivity contribution in [2.75, 3.05) is 45.4 Å². The zero-order valence-corrected chi connectivity index (χ0v) is 21.3. The third-order valence-electron chi connectivity index (χ3n) is 6.51. The fraction of sp³-hybridized carbons (Fsp3) is 0.429. The largest absolute Gasteiger partial charge is 0.507 e. The lowest BCUT2D eigenvalue weighted by molar-refractivity contribution is -0.140. The summed E-state index contributed by atoms with van der Waals surface area (Å²) >= 11 is 0. The molecular weight excluding hydrogens is 460 g/mol. The highest BCUT2D eigenvalue weighted by Crippen LogP contribution is 2.42. The number of rotatable bonds is 9. The highest BCUT2D eigenvalue weighted by Gasteiger charge is 2.47. The first-order valence-corrected chi connectivity index (χ1v) is 12.4. The summed E-state index contributed by atoms with van der Waals surface area (Å²) in [6.07, 6.45) is 1.60. The van der Waals surface area contributed by atoms with Crippen molar-refractivity contribution >= 4 is 23.1 Å². The van der Waals surface area contributed by atoms with Crippen molar-refractivity contribution in [2.45, 2.75) is 38.8 Å². The van der Waals surface area contributed by atoms with E-state index in [1.165, 1.54) is 4.90 Å². The summed E-state index contributed by atoms with van der Waals surface area (Å²) in [4.78, 5) is 30.1. The van der Waals surface area contributed by atoms with E-state index in [1.54, 1.807) is 18.2 Å². The average molecular weight is 495 g/mol. The smallest absolute Gasteiger partial charge is 0.295 e. The highest BCUT2D eigenvalue weighted by molar-refractivity contribution is 6.46. The van der Waals surface area contributed by atoms with E-state index in [1.807, 2.05) is 57.1 Å². The third kappa shape index (κ3) is 5.04. The van der Waals surface area contributed by atoms with Crippen molar-refractivity contribution in [3.8, 4) is 11.5 Å². The number of ketones is 1. The molecule has 2 atom stereocenters. The highest BCUT2D eigenvalue weighted by atomic mass is 16.5. The lowest BCUT2D eigenvalue weighted by Gasteiger charge is -2.28. The number of hydrogen-bond donors (Lipinski definition) is 1. The number of likely N-dealkylation sites (tertiary alicyclic amines) is 1. The van der Waals surface area contributed by atoms with Gasteiger partial charge in [-0.2, -0.15) is 0 Å². The Morgan fingerprint density at radius 1 is 1.08 bits per heavy atom. The first-order valence-electron chi connectivity index (χ1n) is 12.4. The van der Waals surface area contributed by atoms with Gasteiger partial charge in [-0.05, 0) is 56.5 Å². The Bertz CT molecular complexity index is 1140. The minimum absolute atomic E-state index is 0.0423. The van der Waals surface area contributed by atoms with E-state index in [2.05, 4.69) is 0 Å². The molecular formula is C28H34N2O6. The van der Waals surface area contributed by atoms with Gasteiger partial charge in [0, 0.05) is 39.0 Å². The molecule has 2 aromatic carbocycles. The number of nitrogens with zero attached hydrogens (tertiary/aromatic N) is 2. The number of hydrogen-bond acceptors (Lipinski definition) is 7. The number of anilines is 1. The number of carbonyl (C=O) groups excluding carboxylic acids is 2. The van der Waals surface area contributed by atoms with E-state index in [0.717, 1.165) is 24.1 Å². The molecule has 8 heteroatoms. The standard InChI is InChI=1S/C28H34N2O6/c1-5-34-20-13-14-22(23(16-20)35-6-2)26(31)24-25(18-9-11-19(12-10-18)29(3)4)30(28(33)27(24)32)17-21-8-7-15-36-21/h9-14,16,21,25,31H,5-8,15,17H2,1-4H3/b26-24-. The first-order chi connectivity index (χ1) is 17.3. The fourth-order valence-electron chi connectivity index (χ4n) is 4.75. The van der Waals surface area contributed by atoms with Gasteiger partial charge in [0.15, 0.2) is 0 Å². The number of aliphatic hydroxyl groups excluding tert-OH is 1. The molecule has 36 heavy (non-hydrogen) atoms. The molecule has 8 nitrogen and oxygen atoms in total. The number of aliphatic hydroxyl groups is 1. The van der Waals surface area contributed by atoms with Crippen LogP contribution in [0.2, 0.25) is 0 Å². The lowest BCUT2D eigenvalue weighted by atomic mass is 9.94. The summed E-state index contributed by atoms with van der Waals surface area (Å²) in [7, 11) is 3.89. The second kappa shape index (κ2) is 11.0. The molecule has 0 radical (unpaired) electrons. The maximum absolute atomic E-state index is 13.4. The Labute approximate surface area is 212 Å². The molecule has 0 saturated carbocycles. The van der Waals surface area contributed by atoms with Gasteiger partial charge in [-0.15, -0.1) is 0 Å². The Balaban J connectivity index is 1.83. The number of benzene rings is 2. The normalized spacial score (nSPS) is 21.2. The first kappa shape index (κ1) is 25.6. The van der Waals surface area contributed by atoms with Gasteiger partial charge >= 0.3 is 0 Å². The van der Waals surface area contributed by atoms with Crippen LogP contribution in [-0.2, 0) is 14.3 Å². The van der Waals surface area contributed by atoms with Crippen LogP contribution in [0.25, 0.3) is 5.76 Å². The van der Waals surface area contributed by atoms with Gasteiger partial charge < -0.3 is 29.1 Å². The van der Waals surface area contributed by atoms with Crippen molar-refractivity contribution in [2.24, 2.45) is 0 Å². The van der Waals surface area contributed by atoms with Crippen LogP contribution in [-0.4, -0.2) is 68.3 Å². The molecule has 2 heterocycles. The predicted octanol–water partition coefficient (Wildman–Crippen LogP) is 4.15. The number of carbonyl (C=O) groups is 2. The molecule has 1 N–H and O–H groups in total. The van der Waals surface area contributed by atoms with Gasteiger partial charge in [0.05, 0.1) is 36.5 Å². The molecule has 2 saturated heterocycles. The molecule has 2 fully saturated rings. The van der Waals surface area contributed by atoms with Crippen LogP contribution in [0, 0.1) is 0 Å². The van der Waals surface area contributed by atoms with Gasteiger partial charge in [0.25, 0.3) is 11.7 Å². The summed E-state index contributed by atoms with van der Waals surface area (Å²) in [5.41, 5.74) is 2.11. The topological polar surface area (TPSA) is 88.5 Å². The Morgan fingerprint density at radius 3 is 2.42 bits per heavy atom. The van der Waals surface area contributed by atoms with Crippen LogP contribution in [0.1, 0.15) is 43.9 Å². The van der Waals surface area contributed by atoms with E-state index in [4.69, 9.17) is 14.2 Å². The summed E-state index contributed by atoms with van der Waals surface area (Å²) in [6.45, 7) is 5.48. The number of ether oxygens (including phenoxy) is 3. The summed E-state index contributed by atoms with van der Waals surface area (Å²) in [6, 6.07) is 12.0. The molecule has 192 valence electrons. The average Bonchev–Trinajstić information content (AvgIpc) is 3.47. The Morgan fingerprint density at radius 2 is 1.81 bits per heavy atom. The molecule has 2 aliphatic rings. The summed E-state index contributed by atoms with van der Waals surface area (Å²) < 4.78 is 17.1. The third-order valence-corrected chi connectivity index (χ3v) is 6.51. The van der Waals surface area contributed by atoms with Crippen LogP contribution in [0.5, 0.6) is 11.5 Å². The molecule has 1 amide bonds. The van der Waals surface area contributed by atoms with Gasteiger partial charge in [0.1, 0.15) is 17.3 Å². The van der Waals surface area contributed by atoms with Crippen LogP contribution >= 0.6 is 0 Å². The van der Waals surface area contributed by atoms with E-state index >= 15 is 0 Å². The maximum Gasteiger partial charge on any atom is 0.295 e. The Hall–Kier alpha value is -3.52. The van der Waals surface area contributed by atoms with Gasteiger partial charge in [-0.3, -0.25) is 9.59 Å². The molecule has 2 unspecified atom stereocenters. The van der Waals surface area contributed by atoms with Crippen LogP contribution in [0.15, 0.2) is 48.0 Å². The minimum atomic E-state index is -0.744. The van der Waals surface area contributed by atoms with E-state index < -0.39 is 17.7 Å². The van der Waals surface area contributed by atoms with Crippen LogP contribution in [0.3, 0.4) is 0 Å². The fourth-order valence-corrected chi connectivity index (χ4v) is 4.75. The lowest BCUT2D eigenvalue weighted by Crippen LogP contribution is -2.36. The minimum Gasteiger partial charge on any atom is -0.507 e. The van der Waals surface area contributed by atoms with Gasteiger partial charge in [-0.1, -0.05) is 12.1 Å². The van der Waals surface area contributed by atoms with Crippen molar-refractivity contribution in [3.63, 3.8) is 0 Å². The van der Waals surface area contributed by atoms with Crippen molar-refractivity contribution in [3.05, 3.63) is 59.2 Å². The van der Waals surface area contributed by atoms with Crippen LogP contribution < -0.4 is 14.4 Å². The summed E-state index contributed by atoms with van der Waals surface area (Å²) in [5.74, 6) is -0.655. The van der Waals surface area contributed by atoms with E-state index in [9.17, 15) is 14.7 Å². The summed E-state index contributed by atoms with van der Waals surface area (Å²) in [5, 5.41) is 11.5. The SMILES string of the molecule is CCOc1ccc(/C(O)=C2/C(=O)C(=O)N(CC3CCCO3)C2c2ccc(N(C)C)cc2)c(OCC)c1. The van der Waals surface area contributed by atoms with Gasteiger partial charge in [-0.25, -0.2) is 0 Å². The Kier molecular flexibility index (Phi) is 7.84. The maximum atomic E-state index is 13.4. The molecule has 0 spiro atoms. The molecule has 4 rings (SSSR count). The molecule has 0 aliphatic carbocycles. The molecule has 2 aromatic rings. The van der Waals surface area contributed by atoms with E-state index in [0.29, 0.717) is 36.9 Å². The van der Waals surface area contributed by atoms with Crippen molar-refractivity contribution in [1.29, 1.82) is 0 Å². The monoisotopic (exact) mass is 494 g/mol. The molecule has 0 bridgehead atoms. The molecule has 2 aliphatic heterocycles. The van der Waals surface area contributed by atoms with Crippen LogP contribution in [0.4, 0.5) is 5.69 Å².